The van der Waals surface area contributed by atoms with Gasteiger partial charge in [-0.1, -0.05) is 49.4 Å². The van der Waals surface area contributed by atoms with Gasteiger partial charge in [-0.3, -0.25) is 4.79 Å². The number of amides is 1. The Kier molecular flexibility index (Phi) is 4.83. The van der Waals surface area contributed by atoms with Gasteiger partial charge in [-0.05, 0) is 29.7 Å². The van der Waals surface area contributed by atoms with E-state index in [0.29, 0.717) is 5.69 Å². The first kappa shape index (κ1) is 15.4. The van der Waals surface area contributed by atoms with Crippen LogP contribution < -0.4 is 5.32 Å². The lowest BCUT2D eigenvalue weighted by Gasteiger charge is -2.04. The second kappa shape index (κ2) is 7.20. The van der Waals surface area contributed by atoms with Crippen LogP contribution in [0.25, 0.3) is 0 Å². The van der Waals surface area contributed by atoms with Gasteiger partial charge >= 0.3 is 0 Å². The maximum atomic E-state index is 12.3. The molecule has 3 aromatic rings. The average Bonchev–Trinajstić information content (AvgIpc) is 3.05. The third-order valence-corrected chi connectivity index (χ3v) is 4.45. The lowest BCUT2D eigenvalue weighted by molar-refractivity contribution is 0.102. The minimum absolute atomic E-state index is 0.162. The third kappa shape index (κ3) is 4.05. The van der Waals surface area contributed by atoms with E-state index in [1.54, 1.807) is 0 Å². The van der Waals surface area contributed by atoms with E-state index < -0.39 is 0 Å². The molecule has 0 aliphatic heterocycles. The molecular formula is C19H18N2OS. The number of thiazole rings is 1. The minimum atomic E-state index is -0.162. The molecule has 0 spiro atoms. The molecule has 1 amide bonds. The van der Waals surface area contributed by atoms with Crippen LogP contribution in [0.3, 0.4) is 0 Å². The van der Waals surface area contributed by atoms with E-state index >= 15 is 0 Å². The van der Waals surface area contributed by atoms with E-state index in [1.807, 2.05) is 47.8 Å². The monoisotopic (exact) mass is 322 g/mol. The molecule has 23 heavy (non-hydrogen) atoms. The quantitative estimate of drug-likeness (QED) is 0.749. The summed E-state index contributed by atoms with van der Waals surface area (Å²) in [5.74, 6) is -0.162. The first-order chi connectivity index (χ1) is 11.2. The Bertz CT molecular complexity index is 779. The summed E-state index contributed by atoms with van der Waals surface area (Å²) >= 11 is 1.52. The summed E-state index contributed by atoms with van der Waals surface area (Å²) in [5, 5.41) is 5.65. The minimum Gasteiger partial charge on any atom is -0.321 e. The summed E-state index contributed by atoms with van der Waals surface area (Å²) in [4.78, 5) is 16.7. The Labute approximate surface area is 140 Å². The van der Waals surface area contributed by atoms with Crippen molar-refractivity contribution in [3.05, 3.63) is 81.8 Å². The maximum Gasteiger partial charge on any atom is 0.275 e. The number of nitrogens with one attached hydrogen (secondary N) is 1. The van der Waals surface area contributed by atoms with E-state index in [4.69, 9.17) is 0 Å². The molecule has 1 aromatic heterocycles. The zero-order valence-electron chi connectivity index (χ0n) is 13.0. The highest BCUT2D eigenvalue weighted by atomic mass is 32.1. The lowest BCUT2D eigenvalue weighted by Crippen LogP contribution is -2.12. The molecule has 0 unspecified atom stereocenters. The summed E-state index contributed by atoms with van der Waals surface area (Å²) in [6.45, 7) is 2.11. The summed E-state index contributed by atoms with van der Waals surface area (Å²) in [6.07, 6.45) is 1.74. The second-order valence-corrected chi connectivity index (χ2v) is 6.24. The number of anilines is 1. The van der Waals surface area contributed by atoms with Crippen molar-refractivity contribution in [3.63, 3.8) is 0 Å². The van der Waals surface area contributed by atoms with Crippen LogP contribution >= 0.6 is 11.3 Å². The first-order valence-electron chi connectivity index (χ1n) is 7.63. The molecule has 1 N–H and O–H groups in total. The highest BCUT2D eigenvalue weighted by Crippen LogP contribution is 2.16. The van der Waals surface area contributed by atoms with Gasteiger partial charge in [0.1, 0.15) is 5.69 Å². The highest BCUT2D eigenvalue weighted by molar-refractivity contribution is 7.09. The SMILES string of the molecule is CCc1ccc(NC(=O)c2csc(Cc3ccccc3)n2)cc1. The standard InChI is InChI=1S/C19H18N2OS/c1-2-14-8-10-16(11-9-14)20-19(22)17-13-23-18(21-17)12-15-6-4-3-5-7-15/h3-11,13H,2,12H2,1H3,(H,20,22). The summed E-state index contributed by atoms with van der Waals surface area (Å²) < 4.78 is 0. The van der Waals surface area contributed by atoms with Gasteiger partial charge in [0, 0.05) is 17.5 Å². The molecule has 4 heteroatoms. The number of nitrogens with zero attached hydrogens (tertiary/aromatic N) is 1. The first-order valence-corrected chi connectivity index (χ1v) is 8.51. The van der Waals surface area contributed by atoms with Gasteiger partial charge in [0.15, 0.2) is 0 Å². The van der Waals surface area contributed by atoms with E-state index in [-0.39, 0.29) is 5.91 Å². The zero-order valence-corrected chi connectivity index (χ0v) is 13.8. The predicted octanol–water partition coefficient (Wildman–Crippen LogP) is 4.55. The molecule has 3 nitrogen and oxygen atoms in total. The largest absolute Gasteiger partial charge is 0.321 e. The van der Waals surface area contributed by atoms with Crippen molar-refractivity contribution >= 4 is 22.9 Å². The third-order valence-electron chi connectivity index (χ3n) is 3.60. The molecular weight excluding hydrogens is 304 g/mol. The fourth-order valence-electron chi connectivity index (χ4n) is 2.29. The van der Waals surface area contributed by atoms with Gasteiger partial charge in [-0.2, -0.15) is 0 Å². The molecule has 2 aromatic carbocycles. The van der Waals surface area contributed by atoms with Crippen LogP contribution in [0.1, 0.15) is 33.5 Å². The fourth-order valence-corrected chi connectivity index (χ4v) is 3.09. The number of carbonyl (C=O) groups is 1. The van der Waals surface area contributed by atoms with Crippen molar-refractivity contribution in [1.29, 1.82) is 0 Å². The topological polar surface area (TPSA) is 42.0 Å². The van der Waals surface area contributed by atoms with Gasteiger partial charge in [-0.15, -0.1) is 11.3 Å². The Balaban J connectivity index is 1.66. The normalized spacial score (nSPS) is 10.5. The van der Waals surface area contributed by atoms with Crippen molar-refractivity contribution in [1.82, 2.24) is 4.98 Å². The van der Waals surface area contributed by atoms with Crippen LogP contribution in [0.5, 0.6) is 0 Å². The van der Waals surface area contributed by atoms with Crippen LogP contribution in [0, 0.1) is 0 Å². The molecule has 0 aliphatic carbocycles. The van der Waals surface area contributed by atoms with Crippen LogP contribution in [0.4, 0.5) is 5.69 Å². The van der Waals surface area contributed by atoms with Crippen LogP contribution in [-0.4, -0.2) is 10.9 Å². The van der Waals surface area contributed by atoms with E-state index in [9.17, 15) is 4.79 Å². The van der Waals surface area contributed by atoms with Crippen molar-refractivity contribution in [3.8, 4) is 0 Å². The van der Waals surface area contributed by atoms with Crippen molar-refractivity contribution in [2.75, 3.05) is 5.32 Å². The van der Waals surface area contributed by atoms with E-state index in [2.05, 4.69) is 29.4 Å². The number of carbonyl (C=O) groups excluding carboxylic acids is 1. The van der Waals surface area contributed by atoms with Gasteiger partial charge in [0.25, 0.3) is 5.91 Å². The predicted molar refractivity (Wildman–Crippen MR) is 95.1 cm³/mol. The summed E-state index contributed by atoms with van der Waals surface area (Å²) in [6, 6.07) is 18.0. The van der Waals surface area contributed by atoms with Crippen molar-refractivity contribution in [2.45, 2.75) is 19.8 Å². The van der Waals surface area contributed by atoms with Crippen LogP contribution in [-0.2, 0) is 12.8 Å². The van der Waals surface area contributed by atoms with Crippen LogP contribution in [0.2, 0.25) is 0 Å². The molecule has 0 atom stereocenters. The Morgan fingerprint density at radius 1 is 1.04 bits per heavy atom. The van der Waals surface area contributed by atoms with Gasteiger partial charge < -0.3 is 5.32 Å². The fraction of sp³-hybridized carbons (Fsp3) is 0.158. The van der Waals surface area contributed by atoms with Crippen molar-refractivity contribution < 1.29 is 4.79 Å². The molecule has 1 heterocycles. The van der Waals surface area contributed by atoms with Crippen LogP contribution in [0.15, 0.2) is 60.0 Å². The number of aromatic nitrogens is 1. The molecule has 116 valence electrons. The zero-order chi connectivity index (χ0) is 16.1. The molecule has 0 aliphatic rings. The number of benzene rings is 2. The maximum absolute atomic E-state index is 12.3. The van der Waals surface area contributed by atoms with Crippen molar-refractivity contribution in [2.24, 2.45) is 0 Å². The molecule has 0 bridgehead atoms. The second-order valence-electron chi connectivity index (χ2n) is 5.29. The lowest BCUT2D eigenvalue weighted by atomic mass is 10.1. The number of rotatable bonds is 5. The summed E-state index contributed by atoms with van der Waals surface area (Å²) in [7, 11) is 0. The molecule has 0 saturated carbocycles. The number of hydrogen-bond acceptors (Lipinski definition) is 3. The van der Waals surface area contributed by atoms with E-state index in [1.165, 1.54) is 22.5 Å². The van der Waals surface area contributed by atoms with Gasteiger partial charge in [0.2, 0.25) is 0 Å². The molecule has 0 saturated heterocycles. The molecule has 0 fully saturated rings. The Morgan fingerprint density at radius 3 is 2.48 bits per heavy atom. The summed E-state index contributed by atoms with van der Waals surface area (Å²) in [5.41, 5.74) is 3.72. The highest BCUT2D eigenvalue weighted by Gasteiger charge is 2.11. The van der Waals surface area contributed by atoms with Gasteiger partial charge in [0.05, 0.1) is 5.01 Å². The molecule has 0 radical (unpaired) electrons. The number of hydrogen-bond donors (Lipinski definition) is 1. The molecule has 3 rings (SSSR count). The average molecular weight is 322 g/mol. The van der Waals surface area contributed by atoms with E-state index in [0.717, 1.165) is 23.5 Å². The van der Waals surface area contributed by atoms with Gasteiger partial charge in [-0.25, -0.2) is 4.98 Å². The smallest absolute Gasteiger partial charge is 0.275 e. The number of aryl methyl sites for hydroxylation is 1. The Hall–Kier alpha value is -2.46. The Morgan fingerprint density at radius 2 is 1.78 bits per heavy atom.